The third-order valence-corrected chi connectivity index (χ3v) is 2.60. The molecule has 18 heavy (non-hydrogen) atoms. The van der Waals surface area contributed by atoms with Gasteiger partial charge >= 0.3 is 0 Å². The van der Waals surface area contributed by atoms with E-state index in [1.807, 2.05) is 0 Å². The van der Waals surface area contributed by atoms with Crippen molar-refractivity contribution in [1.82, 2.24) is 10.6 Å². The van der Waals surface area contributed by atoms with Gasteiger partial charge in [0.25, 0.3) is 0 Å². The molecule has 0 saturated heterocycles. The maximum absolute atomic E-state index is 5.59. The van der Waals surface area contributed by atoms with Crippen molar-refractivity contribution >= 4 is 5.96 Å². The van der Waals surface area contributed by atoms with E-state index in [0.717, 1.165) is 44.6 Å². The molecule has 1 aliphatic carbocycles. The predicted molar refractivity (Wildman–Crippen MR) is 77.0 cm³/mol. The first-order chi connectivity index (χ1) is 8.51. The van der Waals surface area contributed by atoms with Gasteiger partial charge in [-0.25, -0.2) is 0 Å². The quantitative estimate of drug-likeness (QED) is 0.416. The van der Waals surface area contributed by atoms with Crippen molar-refractivity contribution in [2.75, 3.05) is 26.3 Å². The smallest absolute Gasteiger partial charge is 0.191 e. The van der Waals surface area contributed by atoms with E-state index in [0.29, 0.717) is 0 Å². The van der Waals surface area contributed by atoms with Crippen molar-refractivity contribution in [3.63, 3.8) is 0 Å². The van der Waals surface area contributed by atoms with E-state index in [1.54, 1.807) is 0 Å². The molecule has 0 amide bonds. The molecular weight excluding hydrogens is 226 g/mol. The van der Waals surface area contributed by atoms with E-state index >= 15 is 0 Å². The summed E-state index contributed by atoms with van der Waals surface area (Å²) in [4.78, 5) is 4.55. The Kier molecular flexibility index (Phi) is 6.47. The van der Waals surface area contributed by atoms with Crippen LogP contribution in [-0.4, -0.2) is 37.8 Å². The number of nitrogens with zero attached hydrogens (tertiary/aromatic N) is 1. The highest BCUT2D eigenvalue weighted by molar-refractivity contribution is 5.80. The molecule has 106 valence electrons. The van der Waals surface area contributed by atoms with E-state index in [2.05, 4.69) is 43.3 Å². The lowest BCUT2D eigenvalue weighted by atomic mass is 10.1. The van der Waals surface area contributed by atoms with Gasteiger partial charge in [0.15, 0.2) is 5.96 Å². The van der Waals surface area contributed by atoms with Crippen LogP contribution in [0.1, 0.15) is 47.0 Å². The fraction of sp³-hybridized carbons (Fsp3) is 0.929. The average Bonchev–Trinajstić information content (AvgIpc) is 3.05. The summed E-state index contributed by atoms with van der Waals surface area (Å²) < 4.78 is 5.59. The van der Waals surface area contributed by atoms with E-state index in [4.69, 9.17) is 4.74 Å². The van der Waals surface area contributed by atoms with Crippen LogP contribution in [-0.2, 0) is 4.74 Å². The second-order valence-electron chi connectivity index (χ2n) is 6.01. The van der Waals surface area contributed by atoms with Crippen molar-refractivity contribution in [3.8, 4) is 0 Å². The Morgan fingerprint density at radius 3 is 2.61 bits per heavy atom. The van der Waals surface area contributed by atoms with Crippen LogP contribution in [0.5, 0.6) is 0 Å². The number of aliphatic imine (C=N–C) groups is 1. The summed E-state index contributed by atoms with van der Waals surface area (Å²) in [5.41, 5.74) is 0.0451. The topological polar surface area (TPSA) is 45.7 Å². The molecule has 1 rings (SSSR count). The molecule has 1 aliphatic rings. The normalized spacial score (nSPS) is 16.8. The van der Waals surface area contributed by atoms with Crippen molar-refractivity contribution in [3.05, 3.63) is 0 Å². The fourth-order valence-electron chi connectivity index (χ4n) is 1.55. The maximum Gasteiger partial charge on any atom is 0.191 e. The number of hydrogen-bond donors (Lipinski definition) is 2. The number of guanidine groups is 1. The number of hydrogen-bond acceptors (Lipinski definition) is 2. The van der Waals surface area contributed by atoms with Gasteiger partial charge in [0.2, 0.25) is 0 Å². The van der Waals surface area contributed by atoms with E-state index in [1.165, 1.54) is 12.8 Å². The van der Waals surface area contributed by atoms with Gasteiger partial charge in [0.1, 0.15) is 0 Å². The average molecular weight is 255 g/mol. The van der Waals surface area contributed by atoms with Crippen LogP contribution in [0.4, 0.5) is 0 Å². The van der Waals surface area contributed by atoms with Gasteiger partial charge in [0.05, 0.1) is 0 Å². The van der Waals surface area contributed by atoms with Gasteiger partial charge in [-0.1, -0.05) is 0 Å². The predicted octanol–water partition coefficient (Wildman–Crippen LogP) is 2.16. The van der Waals surface area contributed by atoms with Crippen molar-refractivity contribution in [2.24, 2.45) is 10.9 Å². The van der Waals surface area contributed by atoms with Crippen LogP contribution in [0.15, 0.2) is 4.99 Å². The summed E-state index contributed by atoms with van der Waals surface area (Å²) in [7, 11) is 0. The first kappa shape index (κ1) is 15.3. The number of nitrogens with one attached hydrogen (secondary N) is 2. The highest BCUT2D eigenvalue weighted by atomic mass is 16.5. The van der Waals surface area contributed by atoms with Crippen molar-refractivity contribution in [2.45, 2.75) is 52.5 Å². The molecule has 1 fully saturated rings. The molecule has 0 aromatic carbocycles. The summed E-state index contributed by atoms with van der Waals surface area (Å²) >= 11 is 0. The molecule has 0 unspecified atom stereocenters. The van der Waals surface area contributed by atoms with E-state index in [-0.39, 0.29) is 5.54 Å². The van der Waals surface area contributed by atoms with E-state index < -0.39 is 0 Å². The van der Waals surface area contributed by atoms with Crippen LogP contribution in [0.2, 0.25) is 0 Å². The third kappa shape index (κ3) is 8.34. The Balaban J connectivity index is 2.13. The zero-order valence-corrected chi connectivity index (χ0v) is 12.4. The highest BCUT2D eigenvalue weighted by Gasteiger charge is 2.20. The first-order valence-electron chi connectivity index (χ1n) is 7.15. The molecule has 0 bridgehead atoms. The summed E-state index contributed by atoms with van der Waals surface area (Å²) in [6.45, 7) is 12.0. The van der Waals surface area contributed by atoms with Gasteiger partial charge < -0.3 is 15.4 Å². The Labute approximate surface area is 112 Å². The number of rotatable bonds is 7. The second-order valence-corrected chi connectivity index (χ2v) is 6.01. The SMILES string of the molecule is CCNC(=NCCCOCC1CC1)NC(C)(C)C. The molecule has 0 aromatic heterocycles. The molecule has 2 N–H and O–H groups in total. The summed E-state index contributed by atoms with van der Waals surface area (Å²) in [6, 6.07) is 0. The molecular formula is C14H29N3O. The summed E-state index contributed by atoms with van der Waals surface area (Å²) in [5, 5.41) is 6.63. The third-order valence-electron chi connectivity index (χ3n) is 2.60. The minimum atomic E-state index is 0.0451. The Morgan fingerprint density at radius 2 is 2.06 bits per heavy atom. The van der Waals surface area contributed by atoms with E-state index in [9.17, 15) is 0 Å². The monoisotopic (exact) mass is 255 g/mol. The lowest BCUT2D eigenvalue weighted by molar-refractivity contribution is 0.123. The first-order valence-corrected chi connectivity index (χ1v) is 7.15. The number of ether oxygens (including phenoxy) is 1. The Hall–Kier alpha value is -0.770. The molecule has 0 heterocycles. The fourth-order valence-corrected chi connectivity index (χ4v) is 1.55. The zero-order chi connectivity index (χ0) is 13.4. The lowest BCUT2D eigenvalue weighted by Gasteiger charge is -2.23. The maximum atomic E-state index is 5.59. The molecule has 1 saturated carbocycles. The van der Waals surface area contributed by atoms with Gasteiger partial charge in [-0.05, 0) is 52.9 Å². The van der Waals surface area contributed by atoms with Crippen LogP contribution in [0, 0.1) is 5.92 Å². The molecule has 0 atom stereocenters. The Bertz CT molecular complexity index is 254. The Morgan fingerprint density at radius 1 is 1.33 bits per heavy atom. The lowest BCUT2D eigenvalue weighted by Crippen LogP contribution is -2.47. The minimum absolute atomic E-state index is 0.0451. The van der Waals surface area contributed by atoms with Gasteiger partial charge in [-0.3, -0.25) is 4.99 Å². The zero-order valence-electron chi connectivity index (χ0n) is 12.4. The van der Waals surface area contributed by atoms with Gasteiger partial charge in [0, 0.05) is 31.8 Å². The van der Waals surface area contributed by atoms with Crippen LogP contribution >= 0.6 is 0 Å². The standard InChI is InChI=1S/C14H29N3O/c1-5-15-13(17-14(2,3)4)16-9-6-10-18-11-12-7-8-12/h12H,5-11H2,1-4H3,(H2,15,16,17). The summed E-state index contributed by atoms with van der Waals surface area (Å²) in [6.07, 6.45) is 3.71. The van der Waals surface area contributed by atoms with Gasteiger partial charge in [-0.15, -0.1) is 0 Å². The van der Waals surface area contributed by atoms with Crippen molar-refractivity contribution in [1.29, 1.82) is 0 Å². The largest absolute Gasteiger partial charge is 0.381 e. The van der Waals surface area contributed by atoms with Gasteiger partial charge in [-0.2, -0.15) is 0 Å². The molecule has 0 aromatic rings. The van der Waals surface area contributed by atoms with Crippen LogP contribution < -0.4 is 10.6 Å². The molecule has 0 spiro atoms. The summed E-state index contributed by atoms with van der Waals surface area (Å²) in [5.74, 6) is 1.75. The van der Waals surface area contributed by atoms with Crippen LogP contribution in [0.3, 0.4) is 0 Å². The second kappa shape index (κ2) is 7.62. The molecule has 0 radical (unpaired) electrons. The van der Waals surface area contributed by atoms with Crippen molar-refractivity contribution < 1.29 is 4.74 Å². The molecule has 4 heteroatoms. The molecule has 4 nitrogen and oxygen atoms in total. The van der Waals surface area contributed by atoms with Crippen LogP contribution in [0.25, 0.3) is 0 Å². The minimum Gasteiger partial charge on any atom is -0.381 e. The molecule has 0 aliphatic heterocycles. The highest BCUT2D eigenvalue weighted by Crippen LogP contribution is 2.28.